The van der Waals surface area contributed by atoms with Crippen LogP contribution in [0.15, 0.2) is 24.3 Å². The summed E-state index contributed by atoms with van der Waals surface area (Å²) >= 11 is 2.89. The van der Waals surface area contributed by atoms with Crippen molar-refractivity contribution in [2.45, 2.75) is 0 Å². The molecule has 0 amide bonds. The number of nitro groups is 1. The van der Waals surface area contributed by atoms with E-state index in [4.69, 9.17) is 0 Å². The van der Waals surface area contributed by atoms with Crippen molar-refractivity contribution in [3.63, 3.8) is 0 Å². The molecule has 1 aromatic rings. The van der Waals surface area contributed by atoms with Crippen molar-refractivity contribution in [2.24, 2.45) is 0 Å². The first-order valence-electron chi connectivity index (χ1n) is 2.79. The molecule has 0 unspecified atom stereocenters. The molecule has 0 aliphatic carbocycles. The van der Waals surface area contributed by atoms with Gasteiger partial charge < -0.3 is 0 Å². The van der Waals surface area contributed by atoms with E-state index in [0.29, 0.717) is 0 Å². The summed E-state index contributed by atoms with van der Waals surface area (Å²) < 4.78 is 0.796. The molecule has 0 saturated heterocycles. The van der Waals surface area contributed by atoms with Gasteiger partial charge in [-0.3, -0.25) is 0 Å². The SMILES string of the molecule is O=[N+]([O-])c1ccccc1[Se][Se]. The molecule has 57 valence electrons. The summed E-state index contributed by atoms with van der Waals surface area (Å²) in [5.41, 5.74) is 0.214. The Morgan fingerprint density at radius 3 is 2.55 bits per heavy atom. The average Bonchev–Trinajstić information content (AvgIpc) is 2.04. The number of hydrogen-bond donors (Lipinski definition) is 0. The second kappa shape index (κ2) is 3.88. The summed E-state index contributed by atoms with van der Waals surface area (Å²) in [5, 5.41) is 10.4. The minimum absolute atomic E-state index is 0.0731. The molecule has 0 N–H and O–H groups in total. The molecule has 0 bridgehead atoms. The Labute approximate surface area is 76.9 Å². The number of hydrogen-bond acceptors (Lipinski definition) is 2. The Balaban J connectivity index is 3.12. The van der Waals surface area contributed by atoms with Crippen molar-refractivity contribution >= 4 is 37.5 Å². The van der Waals surface area contributed by atoms with Crippen molar-refractivity contribution in [3.05, 3.63) is 34.4 Å². The van der Waals surface area contributed by atoms with Crippen LogP contribution in [0.1, 0.15) is 0 Å². The Bertz CT molecular complexity index is 277. The van der Waals surface area contributed by atoms with E-state index < -0.39 is 0 Å². The van der Waals surface area contributed by atoms with Crippen LogP contribution in [0.25, 0.3) is 0 Å². The van der Waals surface area contributed by atoms with E-state index in [-0.39, 0.29) is 23.7 Å². The zero-order valence-electron chi connectivity index (χ0n) is 5.39. The fraction of sp³-hybridized carbons (Fsp3) is 0. The molecule has 1 rings (SSSR count). The molecule has 1 aromatic carbocycles. The summed E-state index contributed by atoms with van der Waals surface area (Å²) in [6, 6.07) is 6.78. The van der Waals surface area contributed by atoms with Crippen LogP contribution in [0.5, 0.6) is 0 Å². The predicted octanol–water partition coefficient (Wildman–Crippen LogP) is 0.00780. The standard InChI is InChI=1S/C6H4NO2Se2/c8-7(9)5-3-1-2-4-6(5)11-10/h1-4H. The maximum absolute atomic E-state index is 10.4. The first-order valence-corrected chi connectivity index (χ1v) is 7.98. The van der Waals surface area contributed by atoms with E-state index in [0.717, 1.165) is 4.46 Å². The summed E-state index contributed by atoms with van der Waals surface area (Å²) in [4.78, 5) is 10.0. The van der Waals surface area contributed by atoms with Crippen molar-refractivity contribution in [2.75, 3.05) is 0 Å². The fourth-order valence-corrected chi connectivity index (χ4v) is 2.97. The van der Waals surface area contributed by atoms with E-state index in [2.05, 4.69) is 14.2 Å². The Morgan fingerprint density at radius 2 is 2.09 bits per heavy atom. The minimum atomic E-state index is -0.353. The summed E-state index contributed by atoms with van der Waals surface area (Å²) in [6.07, 6.45) is 0. The van der Waals surface area contributed by atoms with Crippen molar-refractivity contribution < 1.29 is 4.92 Å². The van der Waals surface area contributed by atoms with Crippen LogP contribution in [-0.2, 0) is 0 Å². The van der Waals surface area contributed by atoms with Gasteiger partial charge in [0.05, 0.1) is 0 Å². The number of nitrogens with zero attached hydrogens (tertiary/aromatic N) is 1. The van der Waals surface area contributed by atoms with Crippen LogP contribution < -0.4 is 4.46 Å². The Morgan fingerprint density at radius 1 is 1.45 bits per heavy atom. The quantitative estimate of drug-likeness (QED) is 0.435. The Hall–Kier alpha value is -0.341. The van der Waals surface area contributed by atoms with E-state index in [1.807, 2.05) is 0 Å². The first kappa shape index (κ1) is 8.75. The molecule has 5 heteroatoms. The van der Waals surface area contributed by atoms with Crippen LogP contribution in [0, 0.1) is 10.1 Å². The monoisotopic (exact) mass is 282 g/mol. The molecule has 0 spiro atoms. The number of nitro benzene ring substituents is 1. The van der Waals surface area contributed by atoms with Crippen molar-refractivity contribution in [1.82, 2.24) is 0 Å². The van der Waals surface area contributed by atoms with Crippen molar-refractivity contribution in [3.8, 4) is 0 Å². The predicted molar refractivity (Wildman–Crippen MR) is 44.2 cm³/mol. The molecule has 0 fully saturated rings. The van der Waals surface area contributed by atoms with E-state index in [9.17, 15) is 10.1 Å². The van der Waals surface area contributed by atoms with Crippen LogP contribution in [0.4, 0.5) is 5.69 Å². The van der Waals surface area contributed by atoms with Gasteiger partial charge in [-0.1, -0.05) is 0 Å². The molecule has 0 aromatic heterocycles. The molecule has 11 heavy (non-hydrogen) atoms. The second-order valence-corrected chi connectivity index (χ2v) is 4.90. The van der Waals surface area contributed by atoms with Gasteiger partial charge in [-0.15, -0.1) is 0 Å². The summed E-state index contributed by atoms with van der Waals surface area (Å²) in [7, 11) is 0. The number of benzene rings is 1. The van der Waals surface area contributed by atoms with Crippen LogP contribution in [0.3, 0.4) is 0 Å². The first-order chi connectivity index (χ1) is 5.25. The van der Waals surface area contributed by atoms with Gasteiger partial charge in [-0.05, 0) is 0 Å². The van der Waals surface area contributed by atoms with Gasteiger partial charge in [0, 0.05) is 0 Å². The van der Waals surface area contributed by atoms with Crippen LogP contribution in [-0.4, -0.2) is 32.2 Å². The topological polar surface area (TPSA) is 43.1 Å². The van der Waals surface area contributed by atoms with Gasteiger partial charge in [-0.2, -0.15) is 0 Å². The summed E-state index contributed by atoms with van der Waals surface area (Å²) in [5.74, 6) is 0. The van der Waals surface area contributed by atoms with Crippen LogP contribution >= 0.6 is 0 Å². The second-order valence-electron chi connectivity index (χ2n) is 1.81. The molecular formula is C6H4NO2Se2. The fourth-order valence-electron chi connectivity index (χ4n) is 0.678. The number of rotatable bonds is 2. The Kier molecular flexibility index (Phi) is 3.09. The maximum atomic E-state index is 10.4. The van der Waals surface area contributed by atoms with E-state index >= 15 is 0 Å². The third kappa shape index (κ3) is 2.04. The molecule has 1 radical (unpaired) electrons. The molecule has 0 aliphatic rings. The van der Waals surface area contributed by atoms with Gasteiger partial charge in [0.15, 0.2) is 0 Å². The van der Waals surface area contributed by atoms with Crippen molar-refractivity contribution in [1.29, 1.82) is 0 Å². The normalized spacial score (nSPS) is 9.55. The van der Waals surface area contributed by atoms with Gasteiger partial charge in [0.1, 0.15) is 0 Å². The third-order valence-corrected chi connectivity index (χ3v) is 4.21. The number of para-hydroxylation sites is 1. The third-order valence-electron chi connectivity index (χ3n) is 1.15. The van der Waals surface area contributed by atoms with Gasteiger partial charge in [0.2, 0.25) is 0 Å². The van der Waals surface area contributed by atoms with Crippen LogP contribution in [0.2, 0.25) is 0 Å². The van der Waals surface area contributed by atoms with Gasteiger partial charge in [-0.25, -0.2) is 0 Å². The molecule has 3 nitrogen and oxygen atoms in total. The molecule has 0 atom stereocenters. The zero-order valence-corrected chi connectivity index (χ0v) is 8.82. The van der Waals surface area contributed by atoms with Gasteiger partial charge >= 0.3 is 76.8 Å². The van der Waals surface area contributed by atoms with E-state index in [1.165, 1.54) is 6.07 Å². The van der Waals surface area contributed by atoms with Gasteiger partial charge in [0.25, 0.3) is 0 Å². The molecule has 0 heterocycles. The van der Waals surface area contributed by atoms with E-state index in [1.54, 1.807) is 18.2 Å². The average molecular weight is 280 g/mol. The summed E-state index contributed by atoms with van der Waals surface area (Å²) in [6.45, 7) is 0. The molecule has 0 aliphatic heterocycles. The molecule has 0 saturated carbocycles. The molecular weight excluding hydrogens is 276 g/mol. The zero-order chi connectivity index (χ0) is 8.27.